The van der Waals surface area contributed by atoms with Gasteiger partial charge in [-0.1, -0.05) is 6.07 Å². The van der Waals surface area contributed by atoms with Gasteiger partial charge in [-0.25, -0.2) is 0 Å². The first-order valence-corrected chi connectivity index (χ1v) is 9.98. The zero-order valence-corrected chi connectivity index (χ0v) is 15.8. The normalized spacial score (nSPS) is 20.4. The Kier molecular flexibility index (Phi) is 4.80. The molecule has 1 aliphatic heterocycles. The van der Waals surface area contributed by atoms with E-state index < -0.39 is 0 Å². The Hall–Kier alpha value is -2.15. The average molecular weight is 373 g/mol. The van der Waals surface area contributed by atoms with Crippen molar-refractivity contribution >= 4 is 23.5 Å². The first-order chi connectivity index (χ1) is 12.7. The number of ether oxygens (including phenoxy) is 2. The fourth-order valence-corrected chi connectivity index (χ4v) is 4.70. The highest BCUT2D eigenvalue weighted by Gasteiger charge is 2.28. The van der Waals surface area contributed by atoms with Gasteiger partial charge in [-0.05, 0) is 43.4 Å². The number of aryl methyl sites for hydroxylation is 1. The number of thioether (sulfide) groups is 1. The molecule has 1 amide bonds. The van der Waals surface area contributed by atoms with E-state index in [1.54, 1.807) is 23.6 Å². The van der Waals surface area contributed by atoms with Gasteiger partial charge in [-0.15, -0.1) is 11.8 Å². The summed E-state index contributed by atoms with van der Waals surface area (Å²) in [5.41, 5.74) is 2.09. The first kappa shape index (κ1) is 17.3. The second-order valence-electron chi connectivity index (χ2n) is 6.75. The molecule has 0 spiro atoms. The Bertz CT molecular complexity index is 814. The fourth-order valence-electron chi connectivity index (χ4n) is 3.62. The molecule has 138 valence electrons. The molecule has 7 heteroatoms. The molecule has 26 heavy (non-hydrogen) atoms. The summed E-state index contributed by atoms with van der Waals surface area (Å²) >= 11 is 1.60. The molecular formula is C19H23N3O3S. The van der Waals surface area contributed by atoms with Gasteiger partial charge < -0.3 is 14.8 Å². The molecule has 1 atom stereocenters. The minimum absolute atomic E-state index is 0.00416. The number of hydrogen-bond acceptors (Lipinski definition) is 5. The molecule has 6 nitrogen and oxygen atoms in total. The van der Waals surface area contributed by atoms with Crippen molar-refractivity contribution < 1.29 is 14.3 Å². The fraction of sp³-hybridized carbons (Fsp3) is 0.474. The molecule has 2 heterocycles. The van der Waals surface area contributed by atoms with Crippen molar-refractivity contribution in [3.63, 3.8) is 0 Å². The highest BCUT2D eigenvalue weighted by Crippen LogP contribution is 2.43. The van der Waals surface area contributed by atoms with Crippen LogP contribution in [0.2, 0.25) is 0 Å². The van der Waals surface area contributed by atoms with E-state index in [1.807, 2.05) is 25.4 Å². The Morgan fingerprint density at radius 2 is 2.08 bits per heavy atom. The second-order valence-corrected chi connectivity index (χ2v) is 7.84. The highest BCUT2D eigenvalue weighted by atomic mass is 32.2. The number of fused-ring (bicyclic) bond motifs is 1. The molecule has 2 aliphatic rings. The third-order valence-electron chi connectivity index (χ3n) is 4.97. The predicted molar refractivity (Wildman–Crippen MR) is 102 cm³/mol. The van der Waals surface area contributed by atoms with E-state index in [9.17, 15) is 4.79 Å². The van der Waals surface area contributed by atoms with E-state index in [4.69, 9.17) is 9.47 Å². The number of methoxy groups -OCH3 is 1. The highest BCUT2D eigenvalue weighted by molar-refractivity contribution is 8.00. The Morgan fingerprint density at radius 3 is 2.85 bits per heavy atom. The van der Waals surface area contributed by atoms with Crippen molar-refractivity contribution in [1.82, 2.24) is 9.78 Å². The van der Waals surface area contributed by atoms with Crippen molar-refractivity contribution in [3.05, 3.63) is 35.5 Å². The van der Waals surface area contributed by atoms with Crippen molar-refractivity contribution in [3.8, 4) is 11.5 Å². The van der Waals surface area contributed by atoms with Crippen molar-refractivity contribution in [2.24, 2.45) is 7.05 Å². The summed E-state index contributed by atoms with van der Waals surface area (Å²) in [6, 6.07) is 6.08. The summed E-state index contributed by atoms with van der Waals surface area (Å²) in [6.07, 6.45) is 6.79. The summed E-state index contributed by atoms with van der Waals surface area (Å²) in [5, 5.41) is 7.28. The average Bonchev–Trinajstić information content (AvgIpc) is 3.23. The minimum atomic E-state index is -0.00416. The van der Waals surface area contributed by atoms with E-state index in [0.29, 0.717) is 5.75 Å². The van der Waals surface area contributed by atoms with Crippen LogP contribution in [0.15, 0.2) is 24.4 Å². The maximum absolute atomic E-state index is 12.0. The zero-order valence-electron chi connectivity index (χ0n) is 15.0. The van der Waals surface area contributed by atoms with E-state index in [-0.39, 0.29) is 17.3 Å². The van der Waals surface area contributed by atoms with Crippen LogP contribution in [-0.4, -0.2) is 34.7 Å². The van der Waals surface area contributed by atoms with Gasteiger partial charge in [0.2, 0.25) is 5.91 Å². The first-order valence-electron chi connectivity index (χ1n) is 8.93. The molecule has 1 aromatic carbocycles. The largest absolute Gasteiger partial charge is 0.493 e. The van der Waals surface area contributed by atoms with Crippen LogP contribution in [0.3, 0.4) is 0 Å². The standard InChI is InChI=1S/C19H23N3O3S/c1-22-19-14(10-20-22)18(26-11-17(23)21-19)12-7-8-15(16(9-12)24-2)25-13-5-3-4-6-13/h7-10,13,18H,3-6,11H2,1-2H3,(H,21,23)/t18-/m0/s1. The van der Waals surface area contributed by atoms with Crippen LogP contribution in [0, 0.1) is 0 Å². The molecule has 1 saturated carbocycles. The Morgan fingerprint density at radius 1 is 1.27 bits per heavy atom. The summed E-state index contributed by atoms with van der Waals surface area (Å²) < 4.78 is 13.4. The topological polar surface area (TPSA) is 65.4 Å². The molecule has 0 saturated heterocycles. The number of hydrogen-bond donors (Lipinski definition) is 1. The molecular weight excluding hydrogens is 350 g/mol. The lowest BCUT2D eigenvalue weighted by Crippen LogP contribution is -2.15. The predicted octanol–water partition coefficient (Wildman–Crippen LogP) is 3.52. The SMILES string of the molecule is COc1cc([C@@H]2SCC(=O)Nc3c2cnn3C)ccc1OC1CCCC1. The zero-order chi connectivity index (χ0) is 18.1. The molecule has 2 aromatic rings. The summed E-state index contributed by atoms with van der Waals surface area (Å²) in [4.78, 5) is 12.0. The smallest absolute Gasteiger partial charge is 0.235 e. The number of benzene rings is 1. The Balaban J connectivity index is 1.65. The lowest BCUT2D eigenvalue weighted by atomic mass is 10.1. The summed E-state index contributed by atoms with van der Waals surface area (Å²) in [6.45, 7) is 0. The number of carbonyl (C=O) groups excluding carboxylic acids is 1. The third kappa shape index (κ3) is 3.28. The summed E-state index contributed by atoms with van der Waals surface area (Å²) in [7, 11) is 3.51. The molecule has 1 N–H and O–H groups in total. The maximum Gasteiger partial charge on any atom is 0.235 e. The molecule has 0 unspecified atom stereocenters. The minimum Gasteiger partial charge on any atom is -0.493 e. The number of anilines is 1. The van der Waals surface area contributed by atoms with Crippen LogP contribution >= 0.6 is 11.8 Å². The van der Waals surface area contributed by atoms with Gasteiger partial charge in [0.05, 0.1) is 30.4 Å². The van der Waals surface area contributed by atoms with Gasteiger partial charge in [0.15, 0.2) is 11.5 Å². The monoisotopic (exact) mass is 373 g/mol. The molecule has 0 bridgehead atoms. The van der Waals surface area contributed by atoms with Crippen LogP contribution < -0.4 is 14.8 Å². The van der Waals surface area contributed by atoms with Crippen LogP contribution in [0.5, 0.6) is 11.5 Å². The number of rotatable bonds is 4. The quantitative estimate of drug-likeness (QED) is 0.888. The van der Waals surface area contributed by atoms with Crippen LogP contribution in [0.25, 0.3) is 0 Å². The Labute approximate surface area is 157 Å². The van der Waals surface area contributed by atoms with Gasteiger partial charge in [-0.3, -0.25) is 9.48 Å². The lowest BCUT2D eigenvalue weighted by Gasteiger charge is -2.19. The van der Waals surface area contributed by atoms with Crippen molar-refractivity contribution in [1.29, 1.82) is 0 Å². The van der Waals surface area contributed by atoms with Gasteiger partial charge in [0.1, 0.15) is 5.82 Å². The number of nitrogens with zero attached hydrogens (tertiary/aromatic N) is 2. The van der Waals surface area contributed by atoms with Gasteiger partial charge >= 0.3 is 0 Å². The van der Waals surface area contributed by atoms with E-state index in [2.05, 4.69) is 16.5 Å². The molecule has 0 radical (unpaired) electrons. The number of nitrogens with one attached hydrogen (secondary N) is 1. The molecule has 1 aromatic heterocycles. The molecule has 4 rings (SSSR count). The van der Waals surface area contributed by atoms with E-state index >= 15 is 0 Å². The van der Waals surface area contributed by atoms with E-state index in [0.717, 1.165) is 41.3 Å². The number of amides is 1. The van der Waals surface area contributed by atoms with Crippen LogP contribution in [0.1, 0.15) is 42.1 Å². The lowest BCUT2D eigenvalue weighted by molar-refractivity contribution is -0.113. The second kappa shape index (κ2) is 7.23. The molecule has 1 fully saturated rings. The van der Waals surface area contributed by atoms with Gasteiger partial charge in [0.25, 0.3) is 0 Å². The van der Waals surface area contributed by atoms with Gasteiger partial charge in [-0.2, -0.15) is 5.10 Å². The van der Waals surface area contributed by atoms with E-state index in [1.165, 1.54) is 12.8 Å². The van der Waals surface area contributed by atoms with Crippen LogP contribution in [0.4, 0.5) is 5.82 Å². The maximum atomic E-state index is 12.0. The molecule has 1 aliphatic carbocycles. The number of aromatic nitrogens is 2. The van der Waals surface area contributed by atoms with Crippen molar-refractivity contribution in [2.45, 2.75) is 37.0 Å². The van der Waals surface area contributed by atoms with Crippen LogP contribution in [-0.2, 0) is 11.8 Å². The third-order valence-corrected chi connectivity index (χ3v) is 6.26. The van der Waals surface area contributed by atoms with Gasteiger partial charge in [0, 0.05) is 12.6 Å². The number of carbonyl (C=O) groups is 1. The summed E-state index contributed by atoms with van der Waals surface area (Å²) in [5.74, 6) is 2.69. The van der Waals surface area contributed by atoms with Crippen molar-refractivity contribution in [2.75, 3.05) is 18.2 Å².